The highest BCUT2D eigenvalue weighted by atomic mass is 79.9. The van der Waals surface area contributed by atoms with E-state index >= 15 is 0 Å². The van der Waals surface area contributed by atoms with E-state index in [0.29, 0.717) is 5.75 Å². The Morgan fingerprint density at radius 1 is 1.40 bits per heavy atom. The molecule has 0 spiro atoms. The molecule has 3 rings (SSSR count). The van der Waals surface area contributed by atoms with Crippen LogP contribution in [-0.2, 0) is 4.79 Å². The Morgan fingerprint density at radius 2 is 2.25 bits per heavy atom. The highest BCUT2D eigenvalue weighted by Crippen LogP contribution is 2.38. The van der Waals surface area contributed by atoms with Gasteiger partial charge in [0.1, 0.15) is 5.37 Å². The molecule has 1 aromatic carbocycles. The first-order valence-electron chi connectivity index (χ1n) is 6.54. The summed E-state index contributed by atoms with van der Waals surface area (Å²) < 4.78 is 3.16. The summed E-state index contributed by atoms with van der Waals surface area (Å²) in [5.41, 5.74) is 2.30. The Balaban J connectivity index is 1.89. The highest BCUT2D eigenvalue weighted by molar-refractivity contribution is 9.10. The van der Waals surface area contributed by atoms with Crippen LogP contribution in [0.2, 0.25) is 0 Å². The summed E-state index contributed by atoms with van der Waals surface area (Å²) in [4.78, 5) is 13.7. The lowest BCUT2D eigenvalue weighted by Crippen LogP contribution is -2.27. The standard InChI is InChI=1S/C15H15BrN2OS/c1-2-18-14(19)10-20-15(18)11-6-7-17(9-11)13-5-3-4-12(16)8-13/h3-9,15H,2,10H2,1H3/t15-/m1/s1. The average Bonchev–Trinajstić information content (AvgIpc) is 3.04. The zero-order chi connectivity index (χ0) is 14.1. The van der Waals surface area contributed by atoms with Gasteiger partial charge in [0, 0.05) is 34.7 Å². The lowest BCUT2D eigenvalue weighted by molar-refractivity contribution is -0.127. The van der Waals surface area contributed by atoms with Crippen LogP contribution in [-0.4, -0.2) is 27.7 Å². The number of thioether (sulfide) groups is 1. The number of halogens is 1. The van der Waals surface area contributed by atoms with Gasteiger partial charge in [-0.25, -0.2) is 0 Å². The number of carbonyl (C=O) groups excluding carboxylic acids is 1. The third-order valence-corrected chi connectivity index (χ3v) is 5.17. The van der Waals surface area contributed by atoms with Crippen molar-refractivity contribution in [3.63, 3.8) is 0 Å². The molecule has 1 saturated heterocycles. The molecule has 0 aliphatic carbocycles. The molecule has 1 aliphatic rings. The summed E-state index contributed by atoms with van der Waals surface area (Å²) in [6.07, 6.45) is 4.16. The molecule has 1 fully saturated rings. The van der Waals surface area contributed by atoms with Crippen molar-refractivity contribution in [1.82, 2.24) is 9.47 Å². The van der Waals surface area contributed by atoms with Crippen molar-refractivity contribution in [1.29, 1.82) is 0 Å². The number of aromatic nitrogens is 1. The summed E-state index contributed by atoms with van der Waals surface area (Å²) >= 11 is 5.19. The van der Waals surface area contributed by atoms with Gasteiger partial charge >= 0.3 is 0 Å². The molecule has 1 atom stereocenters. The highest BCUT2D eigenvalue weighted by Gasteiger charge is 2.31. The molecule has 0 N–H and O–H groups in total. The molecule has 1 amide bonds. The summed E-state index contributed by atoms with van der Waals surface area (Å²) in [6.45, 7) is 2.79. The van der Waals surface area contributed by atoms with Gasteiger partial charge in [0.2, 0.25) is 5.91 Å². The molecule has 0 bridgehead atoms. The van der Waals surface area contributed by atoms with Crippen LogP contribution in [0, 0.1) is 0 Å². The predicted molar refractivity (Wildman–Crippen MR) is 86.1 cm³/mol. The van der Waals surface area contributed by atoms with E-state index in [9.17, 15) is 4.79 Å². The molecule has 0 saturated carbocycles. The van der Waals surface area contributed by atoms with Gasteiger partial charge < -0.3 is 9.47 Å². The van der Waals surface area contributed by atoms with E-state index in [0.717, 1.165) is 16.7 Å². The first-order valence-corrected chi connectivity index (χ1v) is 8.38. The van der Waals surface area contributed by atoms with E-state index < -0.39 is 0 Å². The van der Waals surface area contributed by atoms with Crippen molar-refractivity contribution in [2.45, 2.75) is 12.3 Å². The van der Waals surface area contributed by atoms with Crippen molar-refractivity contribution in [2.75, 3.05) is 12.3 Å². The van der Waals surface area contributed by atoms with Crippen molar-refractivity contribution >= 4 is 33.6 Å². The summed E-state index contributed by atoms with van der Waals surface area (Å²) in [7, 11) is 0. The van der Waals surface area contributed by atoms with E-state index in [4.69, 9.17) is 0 Å². The molecule has 0 radical (unpaired) electrons. The topological polar surface area (TPSA) is 25.2 Å². The van der Waals surface area contributed by atoms with Crippen molar-refractivity contribution in [2.24, 2.45) is 0 Å². The van der Waals surface area contributed by atoms with E-state index in [1.54, 1.807) is 11.8 Å². The zero-order valence-electron chi connectivity index (χ0n) is 11.1. The Morgan fingerprint density at radius 3 is 3.00 bits per heavy atom. The quantitative estimate of drug-likeness (QED) is 0.840. The van der Waals surface area contributed by atoms with Gasteiger partial charge in [0.15, 0.2) is 0 Å². The second-order valence-corrected chi connectivity index (χ2v) is 6.66. The molecule has 104 valence electrons. The van der Waals surface area contributed by atoms with Crippen LogP contribution in [0.25, 0.3) is 5.69 Å². The fourth-order valence-electron chi connectivity index (χ4n) is 2.43. The van der Waals surface area contributed by atoms with Crippen LogP contribution in [0.4, 0.5) is 0 Å². The fraction of sp³-hybridized carbons (Fsp3) is 0.267. The fourth-order valence-corrected chi connectivity index (χ4v) is 4.06. The van der Waals surface area contributed by atoms with Crippen LogP contribution >= 0.6 is 27.7 Å². The molecule has 1 aromatic heterocycles. The number of carbonyl (C=O) groups is 1. The Bertz CT molecular complexity index is 640. The number of rotatable bonds is 3. The minimum atomic E-state index is 0.154. The van der Waals surface area contributed by atoms with Crippen LogP contribution in [0.15, 0.2) is 47.2 Å². The average molecular weight is 351 g/mol. The second kappa shape index (κ2) is 5.66. The summed E-state index contributed by atoms with van der Waals surface area (Å²) in [6, 6.07) is 10.3. The number of hydrogen-bond acceptors (Lipinski definition) is 2. The number of nitrogens with zero attached hydrogens (tertiary/aromatic N) is 2. The maximum Gasteiger partial charge on any atom is 0.233 e. The Labute approximate surface area is 131 Å². The SMILES string of the molecule is CCN1C(=O)CS[C@@H]1c1ccn(-c2cccc(Br)c2)c1. The van der Waals surface area contributed by atoms with Crippen molar-refractivity contribution in [3.8, 4) is 5.69 Å². The van der Waals surface area contributed by atoms with Crippen molar-refractivity contribution < 1.29 is 4.79 Å². The molecular weight excluding hydrogens is 336 g/mol. The summed E-state index contributed by atoms with van der Waals surface area (Å²) in [5.74, 6) is 0.818. The van der Waals surface area contributed by atoms with Gasteiger partial charge in [0.25, 0.3) is 0 Å². The monoisotopic (exact) mass is 350 g/mol. The van der Waals surface area contributed by atoms with Crippen LogP contribution < -0.4 is 0 Å². The van der Waals surface area contributed by atoms with Crippen LogP contribution in [0.3, 0.4) is 0 Å². The van der Waals surface area contributed by atoms with Gasteiger partial charge in [-0.1, -0.05) is 22.0 Å². The van der Waals surface area contributed by atoms with Crippen LogP contribution in [0.5, 0.6) is 0 Å². The normalized spacial score (nSPS) is 18.8. The van der Waals surface area contributed by atoms with E-state index in [1.165, 1.54) is 5.56 Å². The minimum Gasteiger partial charge on any atom is -0.326 e. The third kappa shape index (κ3) is 2.52. The van der Waals surface area contributed by atoms with Crippen molar-refractivity contribution in [3.05, 3.63) is 52.8 Å². The second-order valence-electron chi connectivity index (χ2n) is 4.68. The molecule has 2 aromatic rings. The largest absolute Gasteiger partial charge is 0.326 e. The van der Waals surface area contributed by atoms with Crippen LogP contribution in [0.1, 0.15) is 17.9 Å². The maximum atomic E-state index is 11.8. The van der Waals surface area contributed by atoms with Gasteiger partial charge in [-0.05, 0) is 31.2 Å². The minimum absolute atomic E-state index is 0.154. The van der Waals surface area contributed by atoms with Gasteiger partial charge in [0.05, 0.1) is 5.75 Å². The molecule has 20 heavy (non-hydrogen) atoms. The first kappa shape index (κ1) is 13.8. The maximum absolute atomic E-state index is 11.8. The summed E-state index contributed by atoms with van der Waals surface area (Å²) in [5, 5.41) is 0.154. The lowest BCUT2D eigenvalue weighted by atomic mass is 10.3. The van der Waals surface area contributed by atoms with Gasteiger partial charge in [-0.15, -0.1) is 11.8 Å². The van der Waals surface area contributed by atoms with Gasteiger partial charge in [-0.2, -0.15) is 0 Å². The third-order valence-electron chi connectivity index (χ3n) is 3.42. The smallest absolute Gasteiger partial charge is 0.233 e. The molecule has 0 unspecified atom stereocenters. The lowest BCUT2D eigenvalue weighted by Gasteiger charge is -2.21. The molecular formula is C15H15BrN2OS. The molecule has 3 nitrogen and oxygen atoms in total. The molecule has 2 heterocycles. The first-order chi connectivity index (χ1) is 9.69. The molecule has 1 aliphatic heterocycles. The Kier molecular flexibility index (Phi) is 3.89. The number of hydrogen-bond donors (Lipinski definition) is 0. The number of amides is 1. The zero-order valence-corrected chi connectivity index (χ0v) is 13.5. The van der Waals surface area contributed by atoms with E-state index in [-0.39, 0.29) is 11.3 Å². The molecule has 5 heteroatoms. The van der Waals surface area contributed by atoms with E-state index in [2.05, 4.69) is 44.9 Å². The van der Waals surface area contributed by atoms with Gasteiger partial charge in [-0.3, -0.25) is 4.79 Å². The number of benzene rings is 1. The predicted octanol–water partition coefficient (Wildman–Crippen LogP) is 3.83. The Hall–Kier alpha value is -1.20. The van der Waals surface area contributed by atoms with E-state index in [1.807, 2.05) is 30.2 Å².